The topological polar surface area (TPSA) is 73.9 Å². The Bertz CT molecular complexity index is 456. The fraction of sp³-hybridized carbons (Fsp3) is 0.467. The number of ether oxygens (including phenoxy) is 3. The van der Waals surface area contributed by atoms with Crippen LogP contribution in [0.4, 0.5) is 0 Å². The second-order valence-electron chi connectivity index (χ2n) is 4.58. The van der Waals surface area contributed by atoms with Crippen LogP contribution < -0.4 is 14.8 Å². The van der Waals surface area contributed by atoms with Crippen LogP contribution in [-0.2, 0) is 14.3 Å². The fourth-order valence-electron chi connectivity index (χ4n) is 1.49. The molecule has 116 valence electrons. The fourth-order valence-corrected chi connectivity index (χ4v) is 1.49. The van der Waals surface area contributed by atoms with Crippen molar-refractivity contribution in [2.75, 3.05) is 19.8 Å². The van der Waals surface area contributed by atoms with Gasteiger partial charge in [0.05, 0.1) is 6.61 Å². The van der Waals surface area contributed by atoms with Gasteiger partial charge in [0.25, 0.3) is 5.91 Å². The molecule has 1 N–H and O–H groups in total. The summed E-state index contributed by atoms with van der Waals surface area (Å²) in [6.07, 6.45) is 0. The van der Waals surface area contributed by atoms with E-state index < -0.39 is 5.97 Å². The summed E-state index contributed by atoms with van der Waals surface area (Å²) >= 11 is 0. The van der Waals surface area contributed by atoms with E-state index >= 15 is 0 Å². The number of hydrogen-bond donors (Lipinski definition) is 1. The summed E-state index contributed by atoms with van der Waals surface area (Å²) in [5.41, 5.74) is 0. The Morgan fingerprint density at radius 3 is 2.14 bits per heavy atom. The molecule has 6 nitrogen and oxygen atoms in total. The van der Waals surface area contributed by atoms with Gasteiger partial charge in [0.1, 0.15) is 11.5 Å². The maximum atomic E-state index is 11.4. The standard InChI is InChI=1S/C15H21NO5/c1-4-19-12-5-7-13(8-6-12)20-10-15(18)21-9-14(17)16-11(2)3/h5-8,11H,4,9-10H2,1-3H3,(H,16,17). The quantitative estimate of drug-likeness (QED) is 0.736. The number of carbonyl (C=O) groups excluding carboxylic acids is 2. The first kappa shape index (κ1) is 16.8. The Morgan fingerprint density at radius 2 is 1.62 bits per heavy atom. The lowest BCUT2D eigenvalue weighted by molar-refractivity contribution is -0.150. The van der Waals surface area contributed by atoms with Crippen molar-refractivity contribution in [2.24, 2.45) is 0 Å². The van der Waals surface area contributed by atoms with Gasteiger partial charge in [-0.25, -0.2) is 4.79 Å². The highest BCUT2D eigenvalue weighted by molar-refractivity contribution is 5.81. The number of hydrogen-bond acceptors (Lipinski definition) is 5. The molecule has 6 heteroatoms. The Hall–Kier alpha value is -2.24. The Morgan fingerprint density at radius 1 is 1.05 bits per heavy atom. The van der Waals surface area contributed by atoms with E-state index in [0.29, 0.717) is 12.4 Å². The zero-order valence-electron chi connectivity index (χ0n) is 12.5. The SMILES string of the molecule is CCOc1ccc(OCC(=O)OCC(=O)NC(C)C)cc1. The van der Waals surface area contributed by atoms with E-state index in [4.69, 9.17) is 14.2 Å². The molecule has 0 aliphatic rings. The third-order valence-electron chi connectivity index (χ3n) is 2.31. The lowest BCUT2D eigenvalue weighted by Gasteiger charge is -2.10. The molecule has 0 fully saturated rings. The van der Waals surface area contributed by atoms with Gasteiger partial charge < -0.3 is 19.5 Å². The minimum atomic E-state index is -0.595. The predicted molar refractivity (Wildman–Crippen MR) is 77.3 cm³/mol. The Labute approximate surface area is 124 Å². The van der Waals surface area contributed by atoms with E-state index in [1.165, 1.54) is 0 Å². The number of esters is 1. The molecular weight excluding hydrogens is 274 g/mol. The van der Waals surface area contributed by atoms with E-state index in [1.807, 2.05) is 20.8 Å². The van der Waals surface area contributed by atoms with Crippen LogP contribution in [-0.4, -0.2) is 37.7 Å². The lowest BCUT2D eigenvalue weighted by Crippen LogP contribution is -2.34. The van der Waals surface area contributed by atoms with Gasteiger partial charge in [-0.15, -0.1) is 0 Å². The molecular formula is C15H21NO5. The van der Waals surface area contributed by atoms with Crippen LogP contribution in [0.25, 0.3) is 0 Å². The summed E-state index contributed by atoms with van der Waals surface area (Å²) in [6, 6.07) is 6.91. The summed E-state index contributed by atoms with van der Waals surface area (Å²) in [7, 11) is 0. The summed E-state index contributed by atoms with van der Waals surface area (Å²) in [5, 5.41) is 2.62. The van der Waals surface area contributed by atoms with Crippen molar-refractivity contribution < 1.29 is 23.8 Å². The van der Waals surface area contributed by atoms with E-state index in [1.54, 1.807) is 24.3 Å². The second-order valence-corrected chi connectivity index (χ2v) is 4.58. The number of carbonyl (C=O) groups is 2. The zero-order valence-corrected chi connectivity index (χ0v) is 12.5. The van der Waals surface area contributed by atoms with Crippen molar-refractivity contribution in [3.05, 3.63) is 24.3 Å². The average molecular weight is 295 g/mol. The van der Waals surface area contributed by atoms with E-state index in [9.17, 15) is 9.59 Å². The molecule has 0 saturated heterocycles. The number of benzene rings is 1. The van der Waals surface area contributed by atoms with Crippen LogP contribution in [0.2, 0.25) is 0 Å². The number of amides is 1. The normalized spacial score (nSPS) is 10.1. The first-order chi connectivity index (χ1) is 10.0. The first-order valence-electron chi connectivity index (χ1n) is 6.82. The van der Waals surface area contributed by atoms with Crippen molar-refractivity contribution in [3.8, 4) is 11.5 Å². The Kier molecular flexibility index (Phi) is 7.08. The smallest absolute Gasteiger partial charge is 0.344 e. The molecule has 0 bridgehead atoms. The second kappa shape index (κ2) is 8.84. The molecule has 0 aromatic heterocycles. The summed E-state index contributed by atoms with van der Waals surface area (Å²) in [6.45, 7) is 5.59. The molecule has 0 aliphatic heterocycles. The van der Waals surface area contributed by atoms with E-state index in [-0.39, 0.29) is 25.2 Å². The molecule has 0 aliphatic carbocycles. The van der Waals surface area contributed by atoms with Crippen molar-refractivity contribution in [2.45, 2.75) is 26.8 Å². The van der Waals surface area contributed by atoms with Gasteiger partial charge >= 0.3 is 5.97 Å². The van der Waals surface area contributed by atoms with E-state index in [0.717, 1.165) is 5.75 Å². The summed E-state index contributed by atoms with van der Waals surface area (Å²) < 4.78 is 15.3. The van der Waals surface area contributed by atoms with Crippen LogP contribution in [0.5, 0.6) is 11.5 Å². The van der Waals surface area contributed by atoms with Gasteiger partial charge in [0.15, 0.2) is 13.2 Å². The molecule has 1 amide bonds. The van der Waals surface area contributed by atoms with Crippen molar-refractivity contribution >= 4 is 11.9 Å². The van der Waals surface area contributed by atoms with Gasteiger partial charge in [-0.1, -0.05) is 0 Å². The van der Waals surface area contributed by atoms with Crippen LogP contribution in [0.1, 0.15) is 20.8 Å². The molecule has 0 atom stereocenters. The molecule has 0 saturated carbocycles. The molecule has 0 unspecified atom stereocenters. The molecule has 1 aromatic carbocycles. The Balaban J connectivity index is 2.27. The number of rotatable bonds is 8. The third kappa shape index (κ3) is 7.20. The van der Waals surface area contributed by atoms with Crippen LogP contribution in [0, 0.1) is 0 Å². The van der Waals surface area contributed by atoms with Crippen LogP contribution in [0.3, 0.4) is 0 Å². The van der Waals surface area contributed by atoms with Gasteiger partial charge in [-0.05, 0) is 45.0 Å². The lowest BCUT2D eigenvalue weighted by atomic mass is 10.3. The largest absolute Gasteiger partial charge is 0.494 e. The third-order valence-corrected chi connectivity index (χ3v) is 2.31. The van der Waals surface area contributed by atoms with Gasteiger partial charge in [-0.2, -0.15) is 0 Å². The van der Waals surface area contributed by atoms with E-state index in [2.05, 4.69) is 5.32 Å². The highest BCUT2D eigenvalue weighted by Gasteiger charge is 2.09. The van der Waals surface area contributed by atoms with Gasteiger partial charge in [0, 0.05) is 6.04 Å². The summed E-state index contributed by atoms with van der Waals surface area (Å²) in [4.78, 5) is 22.7. The van der Waals surface area contributed by atoms with Crippen LogP contribution in [0.15, 0.2) is 24.3 Å². The molecule has 0 heterocycles. The predicted octanol–water partition coefficient (Wildman–Crippen LogP) is 1.53. The monoisotopic (exact) mass is 295 g/mol. The minimum Gasteiger partial charge on any atom is -0.494 e. The molecule has 0 radical (unpaired) electrons. The van der Waals surface area contributed by atoms with Gasteiger partial charge in [0.2, 0.25) is 0 Å². The maximum absolute atomic E-state index is 11.4. The molecule has 0 spiro atoms. The summed E-state index contributed by atoms with van der Waals surface area (Å²) in [5.74, 6) is 0.335. The van der Waals surface area contributed by atoms with Crippen molar-refractivity contribution in [1.82, 2.24) is 5.32 Å². The molecule has 1 rings (SSSR count). The van der Waals surface area contributed by atoms with Gasteiger partial charge in [-0.3, -0.25) is 4.79 Å². The first-order valence-corrected chi connectivity index (χ1v) is 6.82. The highest BCUT2D eigenvalue weighted by Crippen LogP contribution is 2.17. The molecule has 1 aromatic rings. The number of nitrogens with one attached hydrogen (secondary N) is 1. The zero-order chi connectivity index (χ0) is 15.7. The van der Waals surface area contributed by atoms with Crippen molar-refractivity contribution in [3.63, 3.8) is 0 Å². The average Bonchev–Trinajstić information content (AvgIpc) is 2.44. The molecule has 21 heavy (non-hydrogen) atoms. The maximum Gasteiger partial charge on any atom is 0.344 e. The highest BCUT2D eigenvalue weighted by atomic mass is 16.6. The minimum absolute atomic E-state index is 0.0105. The van der Waals surface area contributed by atoms with Crippen LogP contribution >= 0.6 is 0 Å². The van der Waals surface area contributed by atoms with Crippen molar-refractivity contribution in [1.29, 1.82) is 0 Å².